The van der Waals surface area contributed by atoms with E-state index in [2.05, 4.69) is 16.5 Å². The maximum Gasteiger partial charge on any atom is 0.162 e. The smallest absolute Gasteiger partial charge is 0.162 e. The Hall–Kier alpha value is -3.29. The van der Waals surface area contributed by atoms with Gasteiger partial charge in [-0.2, -0.15) is 5.10 Å². The molecule has 0 bridgehead atoms. The molecule has 6 rings (SSSR count). The zero-order valence-corrected chi connectivity index (χ0v) is 19.6. The fourth-order valence-electron chi connectivity index (χ4n) is 4.74. The number of aromatic nitrogens is 3. The first-order valence-electron chi connectivity index (χ1n) is 11.5. The predicted octanol–water partition coefficient (Wildman–Crippen LogP) is 4.50. The Morgan fingerprint density at radius 2 is 2.00 bits per heavy atom. The lowest BCUT2D eigenvalue weighted by molar-refractivity contribution is 0.171. The summed E-state index contributed by atoms with van der Waals surface area (Å²) in [5.74, 6) is 2.29. The summed E-state index contributed by atoms with van der Waals surface area (Å²) < 4.78 is 18.7. The van der Waals surface area contributed by atoms with Crippen LogP contribution in [0.3, 0.4) is 0 Å². The van der Waals surface area contributed by atoms with Gasteiger partial charge in [-0.3, -0.25) is 4.98 Å². The Bertz CT molecular complexity index is 1370. The van der Waals surface area contributed by atoms with Gasteiger partial charge in [-0.25, -0.2) is 4.68 Å². The Morgan fingerprint density at radius 3 is 2.85 bits per heavy atom. The van der Waals surface area contributed by atoms with Gasteiger partial charge in [-0.05, 0) is 60.7 Å². The van der Waals surface area contributed by atoms with Crippen LogP contribution in [0.2, 0.25) is 5.02 Å². The molecule has 2 aliphatic rings. The van der Waals surface area contributed by atoms with Crippen LogP contribution in [0.1, 0.15) is 23.2 Å². The van der Waals surface area contributed by atoms with Crippen molar-refractivity contribution in [3.63, 3.8) is 0 Å². The number of hydrogen-bond acceptors (Lipinski definition) is 6. The number of benzene rings is 2. The number of halogens is 1. The molecule has 4 aromatic rings. The number of ether oxygens (including phenoxy) is 3. The van der Waals surface area contributed by atoms with Gasteiger partial charge in [0.25, 0.3) is 0 Å². The lowest BCUT2D eigenvalue weighted by atomic mass is 9.93. The maximum atomic E-state index is 6.50. The predicted molar refractivity (Wildman–Crippen MR) is 131 cm³/mol. The fourth-order valence-corrected chi connectivity index (χ4v) is 4.96. The maximum absolute atomic E-state index is 6.50. The van der Waals surface area contributed by atoms with Gasteiger partial charge in [0.05, 0.1) is 24.0 Å². The summed E-state index contributed by atoms with van der Waals surface area (Å²) >= 11 is 6.50. The second kappa shape index (κ2) is 8.81. The number of aryl methyl sites for hydroxylation is 1. The van der Waals surface area contributed by atoms with Crippen molar-refractivity contribution in [2.45, 2.75) is 31.8 Å². The highest BCUT2D eigenvalue weighted by molar-refractivity contribution is 6.31. The van der Waals surface area contributed by atoms with Gasteiger partial charge in [0.15, 0.2) is 11.5 Å². The van der Waals surface area contributed by atoms with Gasteiger partial charge < -0.3 is 19.5 Å². The van der Waals surface area contributed by atoms with Crippen LogP contribution in [0, 0.1) is 0 Å². The van der Waals surface area contributed by atoms with Crippen LogP contribution in [0.25, 0.3) is 16.6 Å². The first-order chi connectivity index (χ1) is 16.7. The molecule has 1 N–H and O–H groups in total. The minimum Gasteiger partial charge on any atom is -0.497 e. The molecule has 0 radical (unpaired) electrons. The van der Waals surface area contributed by atoms with Gasteiger partial charge in [0.1, 0.15) is 19.0 Å². The molecule has 0 fully saturated rings. The molecule has 2 aromatic heterocycles. The molecule has 3 heterocycles. The highest BCUT2D eigenvalue weighted by atomic mass is 35.5. The van der Waals surface area contributed by atoms with E-state index < -0.39 is 0 Å². The lowest BCUT2D eigenvalue weighted by Gasteiger charge is -2.24. The number of nitrogens with zero attached hydrogens (tertiary/aromatic N) is 3. The number of hydrogen-bond donors (Lipinski definition) is 1. The average molecular weight is 477 g/mol. The molecule has 1 atom stereocenters. The van der Waals surface area contributed by atoms with Crippen LogP contribution in [0.5, 0.6) is 17.2 Å². The van der Waals surface area contributed by atoms with Crippen molar-refractivity contribution >= 4 is 22.5 Å². The molecule has 1 aliphatic heterocycles. The highest BCUT2D eigenvalue weighted by Gasteiger charge is 2.23. The Kier molecular flexibility index (Phi) is 5.51. The Balaban J connectivity index is 1.20. The zero-order chi connectivity index (χ0) is 23.1. The third-order valence-corrected chi connectivity index (χ3v) is 6.89. The molecule has 1 unspecified atom stereocenters. The van der Waals surface area contributed by atoms with Crippen molar-refractivity contribution in [1.82, 2.24) is 20.1 Å². The first kappa shape index (κ1) is 21.3. The van der Waals surface area contributed by atoms with Crippen molar-refractivity contribution in [3.05, 3.63) is 70.6 Å². The van der Waals surface area contributed by atoms with Crippen LogP contribution in [-0.2, 0) is 19.4 Å². The summed E-state index contributed by atoms with van der Waals surface area (Å²) in [6, 6.07) is 12.1. The third kappa shape index (κ3) is 3.95. The summed E-state index contributed by atoms with van der Waals surface area (Å²) in [5.41, 5.74) is 5.37. The van der Waals surface area contributed by atoms with Crippen LogP contribution in [0.4, 0.5) is 0 Å². The summed E-state index contributed by atoms with van der Waals surface area (Å²) in [6.07, 6.45) is 6.85. The van der Waals surface area contributed by atoms with E-state index in [1.54, 1.807) is 7.11 Å². The molecular weight excluding hydrogens is 452 g/mol. The topological polar surface area (TPSA) is 70.4 Å². The van der Waals surface area contributed by atoms with E-state index in [9.17, 15) is 0 Å². The Labute approximate surface area is 202 Å². The minimum atomic E-state index is 0.351. The van der Waals surface area contributed by atoms with E-state index in [1.807, 2.05) is 47.3 Å². The van der Waals surface area contributed by atoms with E-state index in [1.165, 1.54) is 5.56 Å². The molecule has 2 aromatic carbocycles. The van der Waals surface area contributed by atoms with Gasteiger partial charge in [-0.1, -0.05) is 11.6 Å². The van der Waals surface area contributed by atoms with Crippen molar-refractivity contribution in [2.75, 3.05) is 20.3 Å². The summed E-state index contributed by atoms with van der Waals surface area (Å²) in [5, 5.41) is 10.3. The normalized spacial score (nSPS) is 16.9. The van der Waals surface area contributed by atoms with Crippen molar-refractivity contribution in [1.29, 1.82) is 0 Å². The van der Waals surface area contributed by atoms with E-state index in [0.29, 0.717) is 30.8 Å². The summed E-state index contributed by atoms with van der Waals surface area (Å²) in [4.78, 5) is 4.49. The molecular formula is C26H25ClN4O3. The number of nitrogens with one attached hydrogen (secondary N) is 1. The van der Waals surface area contributed by atoms with Crippen molar-refractivity contribution < 1.29 is 14.2 Å². The summed E-state index contributed by atoms with van der Waals surface area (Å²) in [6.45, 7) is 1.80. The van der Waals surface area contributed by atoms with Crippen LogP contribution in [0.15, 0.2) is 48.8 Å². The van der Waals surface area contributed by atoms with Gasteiger partial charge in [0.2, 0.25) is 0 Å². The second-order valence-corrected chi connectivity index (χ2v) is 9.07. The number of methoxy groups -OCH3 is 1. The number of pyridine rings is 1. The number of rotatable bonds is 5. The Morgan fingerprint density at radius 1 is 1.15 bits per heavy atom. The molecule has 34 heavy (non-hydrogen) atoms. The van der Waals surface area contributed by atoms with E-state index in [0.717, 1.165) is 64.4 Å². The molecule has 0 spiro atoms. The monoisotopic (exact) mass is 476 g/mol. The first-order valence-corrected chi connectivity index (χ1v) is 11.9. The quantitative estimate of drug-likeness (QED) is 0.457. The molecule has 7 nitrogen and oxygen atoms in total. The van der Waals surface area contributed by atoms with Crippen LogP contribution >= 0.6 is 11.6 Å². The van der Waals surface area contributed by atoms with Crippen molar-refractivity contribution in [3.8, 4) is 22.9 Å². The van der Waals surface area contributed by atoms with E-state index in [4.69, 9.17) is 30.9 Å². The van der Waals surface area contributed by atoms with Gasteiger partial charge in [-0.15, -0.1) is 0 Å². The second-order valence-electron chi connectivity index (χ2n) is 8.67. The molecule has 8 heteroatoms. The SMILES string of the molecule is COc1ccc2nccc(-n3cc4c(n3)CCC(NCc3cc5c(cc3Cl)OCCO5)C4)c2c1. The summed E-state index contributed by atoms with van der Waals surface area (Å²) in [7, 11) is 1.68. The third-order valence-electron chi connectivity index (χ3n) is 6.54. The average Bonchev–Trinajstić information content (AvgIpc) is 3.30. The standard InChI is InChI=1S/C26H25ClN4O3/c1-32-19-3-5-23-20(12-19)24(6-7-28-23)31-15-17-10-18(2-4-22(17)30-31)29-14-16-11-25-26(13-21(16)27)34-9-8-33-25/h3,5-7,11-13,15,18,29H,2,4,8-10,14H2,1H3. The highest BCUT2D eigenvalue weighted by Crippen LogP contribution is 2.35. The van der Waals surface area contributed by atoms with Crippen LogP contribution < -0.4 is 19.5 Å². The van der Waals surface area contributed by atoms with E-state index in [-0.39, 0.29) is 0 Å². The molecule has 174 valence electrons. The van der Waals surface area contributed by atoms with Gasteiger partial charge >= 0.3 is 0 Å². The largest absolute Gasteiger partial charge is 0.497 e. The number of fused-ring (bicyclic) bond motifs is 3. The van der Waals surface area contributed by atoms with Crippen LogP contribution in [-0.4, -0.2) is 41.1 Å². The molecule has 0 amide bonds. The fraction of sp³-hybridized carbons (Fsp3) is 0.308. The minimum absolute atomic E-state index is 0.351. The molecule has 0 saturated heterocycles. The van der Waals surface area contributed by atoms with Crippen molar-refractivity contribution in [2.24, 2.45) is 0 Å². The molecule has 0 saturated carbocycles. The molecule has 1 aliphatic carbocycles. The lowest BCUT2D eigenvalue weighted by Crippen LogP contribution is -2.34. The zero-order valence-electron chi connectivity index (χ0n) is 18.9. The van der Waals surface area contributed by atoms with Gasteiger partial charge in [0, 0.05) is 41.5 Å². The van der Waals surface area contributed by atoms with E-state index >= 15 is 0 Å².